The van der Waals surface area contributed by atoms with E-state index in [1.165, 1.54) is 0 Å². The molecule has 4 nitrogen and oxygen atoms in total. The SMILES string of the molecule is O=C(O)C(=O)O.[Co].[Mn].[NaH]. The fourth-order valence-corrected chi connectivity index (χ4v) is 0. The molecule has 0 unspecified atom stereocenters. The molecule has 0 heterocycles. The summed E-state index contributed by atoms with van der Waals surface area (Å²) >= 11 is 0. The van der Waals surface area contributed by atoms with Gasteiger partial charge in [-0.15, -0.1) is 0 Å². The van der Waals surface area contributed by atoms with E-state index in [1.54, 1.807) is 0 Å². The van der Waals surface area contributed by atoms with E-state index in [9.17, 15) is 0 Å². The molecule has 0 rings (SSSR count). The van der Waals surface area contributed by atoms with Crippen LogP contribution in [0.5, 0.6) is 0 Å². The summed E-state index contributed by atoms with van der Waals surface area (Å²) in [5.74, 6) is -3.65. The quantitative estimate of drug-likeness (QED) is 0.391. The van der Waals surface area contributed by atoms with E-state index in [0.29, 0.717) is 0 Å². The van der Waals surface area contributed by atoms with Crippen molar-refractivity contribution in [1.29, 1.82) is 0 Å². The van der Waals surface area contributed by atoms with Crippen LogP contribution in [0.4, 0.5) is 0 Å². The normalized spacial score (nSPS) is 4.89. The predicted octanol–water partition coefficient (Wildman–Crippen LogP) is -1.50. The molecule has 0 saturated carbocycles. The van der Waals surface area contributed by atoms with Gasteiger partial charge >= 0.3 is 41.5 Å². The number of hydrogen-bond acceptors (Lipinski definition) is 2. The second-order valence-corrected chi connectivity index (χ2v) is 0.610. The van der Waals surface area contributed by atoms with E-state index < -0.39 is 11.9 Å². The summed E-state index contributed by atoms with van der Waals surface area (Å²) in [6.07, 6.45) is 0. The minimum absolute atomic E-state index is 0. The molecule has 0 aliphatic heterocycles. The van der Waals surface area contributed by atoms with E-state index in [0.717, 1.165) is 0 Å². The summed E-state index contributed by atoms with van der Waals surface area (Å²) in [5, 5.41) is 14.8. The summed E-state index contributed by atoms with van der Waals surface area (Å²) in [5.41, 5.74) is 0. The van der Waals surface area contributed by atoms with Crippen molar-refractivity contribution in [3.63, 3.8) is 0 Å². The molecule has 0 aromatic carbocycles. The van der Waals surface area contributed by atoms with Gasteiger partial charge in [0.05, 0.1) is 0 Å². The molecule has 0 amide bonds. The molecule has 9 heavy (non-hydrogen) atoms. The van der Waals surface area contributed by atoms with Crippen molar-refractivity contribution < 1.29 is 53.6 Å². The van der Waals surface area contributed by atoms with Crippen molar-refractivity contribution >= 4 is 41.5 Å². The summed E-state index contributed by atoms with van der Waals surface area (Å²) < 4.78 is 0. The van der Waals surface area contributed by atoms with Crippen molar-refractivity contribution in [1.82, 2.24) is 0 Å². The van der Waals surface area contributed by atoms with Gasteiger partial charge in [0.15, 0.2) is 0 Å². The molecule has 0 atom stereocenters. The monoisotopic (exact) mass is 228 g/mol. The van der Waals surface area contributed by atoms with E-state index in [2.05, 4.69) is 0 Å². The summed E-state index contributed by atoms with van der Waals surface area (Å²) in [6, 6.07) is 0. The Morgan fingerprint density at radius 2 is 1.11 bits per heavy atom. The standard InChI is InChI=1S/C2H2O4.Co.Mn.Na.H/c3-1(4)2(5)6;;;;/h(H,3,4)(H,5,6);;;;. The number of aliphatic carboxylic acids is 2. The molecule has 0 bridgehead atoms. The Morgan fingerprint density at radius 1 is 1.00 bits per heavy atom. The molecule has 0 saturated heterocycles. The first-order valence-electron chi connectivity index (χ1n) is 1.11. The van der Waals surface area contributed by atoms with Crippen LogP contribution < -0.4 is 0 Å². The number of carbonyl (C=O) groups is 2. The Kier molecular flexibility index (Phi) is 29.3. The topological polar surface area (TPSA) is 74.6 Å². The van der Waals surface area contributed by atoms with Gasteiger partial charge in [-0.3, -0.25) is 0 Å². The van der Waals surface area contributed by atoms with Crippen LogP contribution in [0.3, 0.4) is 0 Å². The van der Waals surface area contributed by atoms with Gasteiger partial charge in [-0.1, -0.05) is 0 Å². The van der Waals surface area contributed by atoms with Crippen LogP contribution in [0.2, 0.25) is 0 Å². The first kappa shape index (κ1) is 22.5. The zero-order valence-corrected chi connectivity index (χ0v) is 5.64. The first-order valence-corrected chi connectivity index (χ1v) is 1.11. The molecule has 2 radical (unpaired) electrons. The van der Waals surface area contributed by atoms with Crippen LogP contribution in [0.1, 0.15) is 0 Å². The van der Waals surface area contributed by atoms with Gasteiger partial charge in [0, 0.05) is 33.8 Å². The second-order valence-electron chi connectivity index (χ2n) is 0.610. The Bertz CT molecular complexity index is 84.6. The van der Waals surface area contributed by atoms with Crippen molar-refractivity contribution in [3.05, 3.63) is 0 Å². The summed E-state index contributed by atoms with van der Waals surface area (Å²) in [4.78, 5) is 18.2. The van der Waals surface area contributed by atoms with E-state index in [-0.39, 0.29) is 63.4 Å². The fourth-order valence-electron chi connectivity index (χ4n) is 0. The number of hydrogen-bond donors (Lipinski definition) is 2. The molecule has 0 fully saturated rings. The van der Waals surface area contributed by atoms with E-state index in [4.69, 9.17) is 19.8 Å². The van der Waals surface area contributed by atoms with Crippen LogP contribution in [-0.4, -0.2) is 51.7 Å². The third-order valence-corrected chi connectivity index (χ3v) is 0.183. The Labute approximate surface area is 94.3 Å². The van der Waals surface area contributed by atoms with Crippen molar-refractivity contribution in [2.45, 2.75) is 0 Å². The Balaban J connectivity index is -0.0000000417. The van der Waals surface area contributed by atoms with Gasteiger partial charge in [-0.25, -0.2) is 9.59 Å². The van der Waals surface area contributed by atoms with Crippen molar-refractivity contribution in [2.24, 2.45) is 0 Å². The molecule has 0 aromatic heterocycles. The van der Waals surface area contributed by atoms with Crippen molar-refractivity contribution in [3.8, 4) is 0 Å². The number of carboxylic acid groups (broad SMARTS) is 2. The van der Waals surface area contributed by atoms with E-state index >= 15 is 0 Å². The second kappa shape index (κ2) is 11.7. The van der Waals surface area contributed by atoms with Crippen LogP contribution >= 0.6 is 0 Å². The van der Waals surface area contributed by atoms with Crippen LogP contribution in [-0.2, 0) is 43.4 Å². The number of carboxylic acids is 2. The molecule has 7 heteroatoms. The fraction of sp³-hybridized carbons (Fsp3) is 0. The van der Waals surface area contributed by atoms with Crippen LogP contribution in [0, 0.1) is 0 Å². The van der Waals surface area contributed by atoms with E-state index in [1.807, 2.05) is 0 Å². The molecule has 0 aromatic rings. The van der Waals surface area contributed by atoms with Gasteiger partial charge in [0.25, 0.3) is 0 Å². The Hall–Kier alpha value is 0.966. The zero-order chi connectivity index (χ0) is 5.15. The summed E-state index contributed by atoms with van der Waals surface area (Å²) in [6.45, 7) is 0. The molecule has 0 aliphatic rings. The maximum atomic E-state index is 9.10. The Morgan fingerprint density at radius 3 is 1.11 bits per heavy atom. The third kappa shape index (κ3) is 17.6. The average Bonchev–Trinajstić information content (AvgIpc) is 1.36. The molecule has 2 N–H and O–H groups in total. The van der Waals surface area contributed by atoms with Gasteiger partial charge in [-0.2, -0.15) is 0 Å². The van der Waals surface area contributed by atoms with Gasteiger partial charge in [-0.05, 0) is 0 Å². The van der Waals surface area contributed by atoms with Crippen LogP contribution in [0.15, 0.2) is 0 Å². The van der Waals surface area contributed by atoms with Gasteiger partial charge in [0.2, 0.25) is 0 Å². The molecule has 52 valence electrons. The molecule has 0 spiro atoms. The van der Waals surface area contributed by atoms with Crippen LogP contribution in [0.25, 0.3) is 0 Å². The van der Waals surface area contributed by atoms with Gasteiger partial charge < -0.3 is 10.2 Å². The van der Waals surface area contributed by atoms with Gasteiger partial charge in [0.1, 0.15) is 0 Å². The molecule has 0 aliphatic carbocycles. The maximum absolute atomic E-state index is 9.10. The van der Waals surface area contributed by atoms with Crippen molar-refractivity contribution in [2.75, 3.05) is 0 Å². The third-order valence-electron chi connectivity index (χ3n) is 0.183. The minimum atomic E-state index is -1.82. The zero-order valence-electron chi connectivity index (χ0n) is 3.42. The average molecular weight is 228 g/mol. The number of rotatable bonds is 0. The summed E-state index contributed by atoms with van der Waals surface area (Å²) in [7, 11) is 0. The molecular formula is C2H3CoMnNaO4. The first-order chi connectivity index (χ1) is 2.64. The predicted molar refractivity (Wildman–Crippen MR) is 22.4 cm³/mol. The molecular weight excluding hydrogens is 225 g/mol.